The van der Waals surface area contributed by atoms with Gasteiger partial charge < -0.3 is 14.8 Å². The molecule has 3 unspecified atom stereocenters. The molecule has 0 bridgehead atoms. The van der Waals surface area contributed by atoms with E-state index in [1.807, 2.05) is 0 Å². The Kier molecular flexibility index (Phi) is 8.74. The van der Waals surface area contributed by atoms with Crippen molar-refractivity contribution in [3.05, 3.63) is 0 Å². The lowest BCUT2D eigenvalue weighted by atomic mass is 9.74. The zero-order valence-electron chi connectivity index (χ0n) is 14.0. The number of nitrogens with one attached hydrogen (secondary N) is 1. The Balaban J connectivity index is 2.73. The van der Waals surface area contributed by atoms with Crippen LogP contribution >= 0.6 is 0 Å². The fraction of sp³-hybridized carbons (Fsp3) is 1.00. The molecular weight excluding hydrogens is 250 g/mol. The largest absolute Gasteiger partial charge is 0.380 e. The maximum atomic E-state index is 6.29. The van der Waals surface area contributed by atoms with Crippen LogP contribution in [0.1, 0.15) is 66.2 Å². The van der Waals surface area contributed by atoms with Crippen molar-refractivity contribution in [2.75, 3.05) is 26.4 Å². The van der Waals surface area contributed by atoms with Gasteiger partial charge in [-0.15, -0.1) is 0 Å². The highest BCUT2D eigenvalue weighted by molar-refractivity contribution is 4.97. The second kappa shape index (κ2) is 9.75. The molecule has 1 saturated carbocycles. The summed E-state index contributed by atoms with van der Waals surface area (Å²) in [6, 6.07) is 0.330. The fourth-order valence-electron chi connectivity index (χ4n) is 3.44. The lowest BCUT2D eigenvalue weighted by Gasteiger charge is -2.45. The summed E-state index contributed by atoms with van der Waals surface area (Å²) in [6.07, 6.45) is 7.19. The molecule has 1 N–H and O–H groups in total. The molecule has 0 spiro atoms. The third kappa shape index (κ3) is 5.34. The number of rotatable bonds is 10. The molecule has 0 saturated heterocycles. The molecule has 1 fully saturated rings. The SMILES string of the molecule is CCCNC(COCCC)C1(OCC)CCCC(C)C1. The standard InChI is InChI=1S/C17H35NO2/c1-5-11-18-16(14-19-12-6-2)17(20-7-3)10-8-9-15(4)13-17/h15-16,18H,5-14H2,1-4H3. The van der Waals surface area contributed by atoms with Gasteiger partial charge in [0.15, 0.2) is 0 Å². The first-order valence-corrected chi connectivity index (χ1v) is 8.63. The Hall–Kier alpha value is -0.120. The predicted molar refractivity (Wildman–Crippen MR) is 85.2 cm³/mol. The van der Waals surface area contributed by atoms with E-state index in [1.165, 1.54) is 19.3 Å². The summed E-state index contributed by atoms with van der Waals surface area (Å²) in [5, 5.41) is 3.69. The minimum atomic E-state index is -0.0185. The van der Waals surface area contributed by atoms with Gasteiger partial charge in [-0.05, 0) is 45.1 Å². The molecule has 0 radical (unpaired) electrons. The average Bonchev–Trinajstić information content (AvgIpc) is 2.43. The predicted octanol–water partition coefficient (Wildman–Crippen LogP) is 3.77. The summed E-state index contributed by atoms with van der Waals surface area (Å²) in [7, 11) is 0. The molecule has 0 aromatic carbocycles. The summed E-state index contributed by atoms with van der Waals surface area (Å²) in [5.74, 6) is 0.757. The molecule has 3 nitrogen and oxygen atoms in total. The van der Waals surface area contributed by atoms with Crippen molar-refractivity contribution in [1.29, 1.82) is 0 Å². The lowest BCUT2D eigenvalue weighted by molar-refractivity contribution is -0.114. The van der Waals surface area contributed by atoms with Crippen LogP contribution in [-0.2, 0) is 9.47 Å². The van der Waals surface area contributed by atoms with Crippen molar-refractivity contribution in [1.82, 2.24) is 5.32 Å². The van der Waals surface area contributed by atoms with E-state index in [4.69, 9.17) is 9.47 Å². The molecule has 1 aliphatic carbocycles. The Labute approximate surface area is 125 Å². The van der Waals surface area contributed by atoms with Gasteiger partial charge in [-0.3, -0.25) is 0 Å². The second-order valence-corrected chi connectivity index (χ2v) is 6.28. The van der Waals surface area contributed by atoms with Gasteiger partial charge in [-0.2, -0.15) is 0 Å². The van der Waals surface area contributed by atoms with Crippen molar-refractivity contribution in [3.63, 3.8) is 0 Å². The van der Waals surface area contributed by atoms with E-state index in [2.05, 4.69) is 33.0 Å². The Morgan fingerprint density at radius 1 is 1.25 bits per heavy atom. The van der Waals surface area contributed by atoms with E-state index in [1.54, 1.807) is 0 Å². The monoisotopic (exact) mass is 285 g/mol. The molecule has 0 heterocycles. The lowest BCUT2D eigenvalue weighted by Crippen LogP contribution is -2.57. The first-order valence-electron chi connectivity index (χ1n) is 8.63. The van der Waals surface area contributed by atoms with Gasteiger partial charge in [-0.1, -0.05) is 33.6 Å². The van der Waals surface area contributed by atoms with Crippen LogP contribution < -0.4 is 5.32 Å². The molecule has 0 aliphatic heterocycles. The highest BCUT2D eigenvalue weighted by Crippen LogP contribution is 2.38. The fourth-order valence-corrected chi connectivity index (χ4v) is 3.44. The molecule has 0 amide bonds. The van der Waals surface area contributed by atoms with E-state index in [9.17, 15) is 0 Å². The number of hydrogen-bond donors (Lipinski definition) is 1. The van der Waals surface area contributed by atoms with Crippen LogP contribution in [-0.4, -0.2) is 38.0 Å². The van der Waals surface area contributed by atoms with E-state index >= 15 is 0 Å². The summed E-state index contributed by atoms with van der Waals surface area (Å²) in [6.45, 7) is 12.3. The van der Waals surface area contributed by atoms with Crippen molar-refractivity contribution in [2.45, 2.75) is 77.9 Å². The quantitative estimate of drug-likeness (QED) is 0.620. The number of hydrogen-bond acceptors (Lipinski definition) is 3. The molecular formula is C17H35NO2. The van der Waals surface area contributed by atoms with Gasteiger partial charge in [0, 0.05) is 13.2 Å². The minimum absolute atomic E-state index is 0.0185. The van der Waals surface area contributed by atoms with Crippen molar-refractivity contribution in [2.24, 2.45) is 5.92 Å². The Morgan fingerprint density at radius 3 is 2.65 bits per heavy atom. The molecule has 120 valence electrons. The van der Waals surface area contributed by atoms with Gasteiger partial charge in [-0.25, -0.2) is 0 Å². The molecule has 0 aromatic heterocycles. The van der Waals surface area contributed by atoms with Gasteiger partial charge >= 0.3 is 0 Å². The van der Waals surface area contributed by atoms with Crippen LogP contribution in [0.5, 0.6) is 0 Å². The molecule has 0 aromatic rings. The second-order valence-electron chi connectivity index (χ2n) is 6.28. The van der Waals surface area contributed by atoms with Gasteiger partial charge in [0.1, 0.15) is 0 Å². The van der Waals surface area contributed by atoms with Gasteiger partial charge in [0.05, 0.1) is 18.2 Å². The Morgan fingerprint density at radius 2 is 2.05 bits per heavy atom. The molecule has 1 aliphatic rings. The highest BCUT2D eigenvalue weighted by atomic mass is 16.5. The summed E-state index contributed by atoms with van der Waals surface area (Å²) >= 11 is 0. The van der Waals surface area contributed by atoms with Crippen LogP contribution in [0.3, 0.4) is 0 Å². The average molecular weight is 285 g/mol. The maximum Gasteiger partial charge on any atom is 0.0859 e. The van der Waals surface area contributed by atoms with Crippen LogP contribution in [0.2, 0.25) is 0 Å². The van der Waals surface area contributed by atoms with E-state index in [0.717, 1.165) is 51.5 Å². The summed E-state index contributed by atoms with van der Waals surface area (Å²) in [5.41, 5.74) is -0.0185. The topological polar surface area (TPSA) is 30.5 Å². The molecule has 1 rings (SSSR count). The number of ether oxygens (including phenoxy) is 2. The van der Waals surface area contributed by atoms with Crippen molar-refractivity contribution >= 4 is 0 Å². The Bertz CT molecular complexity index is 243. The van der Waals surface area contributed by atoms with E-state index < -0.39 is 0 Å². The molecule has 20 heavy (non-hydrogen) atoms. The van der Waals surface area contributed by atoms with Crippen LogP contribution in [0.15, 0.2) is 0 Å². The first kappa shape index (κ1) is 17.9. The van der Waals surface area contributed by atoms with Crippen LogP contribution in [0.25, 0.3) is 0 Å². The van der Waals surface area contributed by atoms with E-state index in [-0.39, 0.29) is 5.60 Å². The smallest absolute Gasteiger partial charge is 0.0859 e. The van der Waals surface area contributed by atoms with Crippen LogP contribution in [0, 0.1) is 5.92 Å². The molecule has 3 heteroatoms. The highest BCUT2D eigenvalue weighted by Gasteiger charge is 2.42. The van der Waals surface area contributed by atoms with Crippen molar-refractivity contribution in [3.8, 4) is 0 Å². The maximum absolute atomic E-state index is 6.29. The zero-order valence-corrected chi connectivity index (χ0v) is 14.0. The van der Waals surface area contributed by atoms with Gasteiger partial charge in [0.25, 0.3) is 0 Å². The first-order chi connectivity index (χ1) is 9.68. The summed E-state index contributed by atoms with van der Waals surface area (Å²) in [4.78, 5) is 0. The third-order valence-corrected chi connectivity index (χ3v) is 4.33. The van der Waals surface area contributed by atoms with E-state index in [0.29, 0.717) is 6.04 Å². The summed E-state index contributed by atoms with van der Waals surface area (Å²) < 4.78 is 12.1. The molecule has 3 atom stereocenters. The van der Waals surface area contributed by atoms with Crippen molar-refractivity contribution < 1.29 is 9.47 Å². The third-order valence-electron chi connectivity index (χ3n) is 4.33. The normalized spacial score (nSPS) is 28.5. The zero-order chi connectivity index (χ0) is 14.8. The van der Waals surface area contributed by atoms with Gasteiger partial charge in [0.2, 0.25) is 0 Å². The minimum Gasteiger partial charge on any atom is -0.380 e. The van der Waals surface area contributed by atoms with Crippen LogP contribution in [0.4, 0.5) is 0 Å².